The standard InChI is InChI=1S/C27H37N5O2S/c1-28-35(33,34)18-21-7-9-26-24(15-21)27(19-30-26,11-13-32(4)5)16-20-6-8-25-23(14-20)22(17-29-25)10-12-31(2)3/h6-9,14-15,17,19,28-29H,10-13,16,18H2,1-5H3. The van der Waals surface area contributed by atoms with Crippen LogP contribution in [0.2, 0.25) is 0 Å². The van der Waals surface area contributed by atoms with E-state index in [2.05, 4.69) is 78.3 Å². The summed E-state index contributed by atoms with van der Waals surface area (Å²) in [5.41, 5.74) is 6.29. The van der Waals surface area contributed by atoms with Crippen LogP contribution in [0.25, 0.3) is 10.9 Å². The number of H-pyrrole nitrogens is 1. The van der Waals surface area contributed by atoms with Crippen LogP contribution in [-0.4, -0.2) is 77.7 Å². The van der Waals surface area contributed by atoms with Gasteiger partial charge in [-0.25, -0.2) is 13.1 Å². The fraction of sp³-hybridized carbons (Fsp3) is 0.444. The molecule has 0 aliphatic carbocycles. The van der Waals surface area contributed by atoms with Crippen molar-refractivity contribution in [3.63, 3.8) is 0 Å². The first kappa shape index (κ1) is 25.6. The monoisotopic (exact) mass is 495 g/mol. The molecule has 35 heavy (non-hydrogen) atoms. The quantitative estimate of drug-likeness (QED) is 0.427. The van der Waals surface area contributed by atoms with Crippen LogP contribution in [0.15, 0.2) is 47.6 Å². The Kier molecular flexibility index (Phi) is 7.47. The van der Waals surface area contributed by atoms with Crippen molar-refractivity contribution in [3.8, 4) is 0 Å². The zero-order valence-corrected chi connectivity index (χ0v) is 22.2. The van der Waals surface area contributed by atoms with Crippen molar-refractivity contribution in [2.24, 2.45) is 4.99 Å². The lowest BCUT2D eigenvalue weighted by Crippen LogP contribution is -2.33. The highest BCUT2D eigenvalue weighted by Gasteiger charge is 2.37. The summed E-state index contributed by atoms with van der Waals surface area (Å²) in [6, 6.07) is 12.6. The summed E-state index contributed by atoms with van der Waals surface area (Å²) in [6.45, 7) is 1.91. The summed E-state index contributed by atoms with van der Waals surface area (Å²) >= 11 is 0. The molecule has 1 aliphatic rings. The molecule has 0 amide bonds. The summed E-state index contributed by atoms with van der Waals surface area (Å²) in [6.07, 6.45) is 6.92. The van der Waals surface area contributed by atoms with E-state index in [1.165, 1.54) is 23.6 Å². The lowest BCUT2D eigenvalue weighted by Gasteiger charge is -2.30. The molecular formula is C27H37N5O2S. The van der Waals surface area contributed by atoms with Gasteiger partial charge in [-0.15, -0.1) is 0 Å². The first-order valence-electron chi connectivity index (χ1n) is 12.1. The van der Waals surface area contributed by atoms with Crippen LogP contribution in [0.1, 0.15) is 28.7 Å². The van der Waals surface area contributed by atoms with Crippen molar-refractivity contribution in [2.75, 3.05) is 48.3 Å². The van der Waals surface area contributed by atoms with Gasteiger partial charge in [0.25, 0.3) is 0 Å². The molecule has 0 saturated carbocycles. The summed E-state index contributed by atoms with van der Waals surface area (Å²) in [5, 5.41) is 1.27. The Morgan fingerprint density at radius 1 is 1.00 bits per heavy atom. The number of fused-ring (bicyclic) bond motifs is 2. The predicted octanol–water partition coefficient (Wildman–Crippen LogP) is 3.47. The highest BCUT2D eigenvalue weighted by molar-refractivity contribution is 7.88. The van der Waals surface area contributed by atoms with Crippen molar-refractivity contribution in [3.05, 3.63) is 64.8 Å². The topological polar surface area (TPSA) is 80.8 Å². The van der Waals surface area contributed by atoms with Gasteiger partial charge in [-0.2, -0.15) is 0 Å². The summed E-state index contributed by atoms with van der Waals surface area (Å²) < 4.78 is 26.8. The van der Waals surface area contributed by atoms with Crippen molar-refractivity contribution >= 4 is 32.8 Å². The van der Waals surface area contributed by atoms with Gasteiger partial charge in [0.05, 0.1) is 11.4 Å². The molecule has 1 aromatic heterocycles. The van der Waals surface area contributed by atoms with Crippen LogP contribution < -0.4 is 4.72 Å². The Bertz CT molecular complexity index is 1330. The molecule has 3 aromatic rings. The van der Waals surface area contributed by atoms with E-state index < -0.39 is 10.0 Å². The molecule has 2 aromatic carbocycles. The summed E-state index contributed by atoms with van der Waals surface area (Å²) in [4.78, 5) is 12.6. The number of sulfonamides is 1. The Morgan fingerprint density at radius 3 is 2.46 bits per heavy atom. The number of aromatic amines is 1. The Morgan fingerprint density at radius 2 is 1.74 bits per heavy atom. The maximum atomic E-state index is 12.2. The van der Waals surface area contributed by atoms with E-state index in [-0.39, 0.29) is 11.2 Å². The second-order valence-corrected chi connectivity index (χ2v) is 12.1. The number of hydrogen-bond acceptors (Lipinski definition) is 5. The van der Waals surface area contributed by atoms with Gasteiger partial charge in [-0.3, -0.25) is 4.99 Å². The number of hydrogen-bond donors (Lipinski definition) is 2. The number of benzene rings is 2. The maximum Gasteiger partial charge on any atom is 0.215 e. The smallest absolute Gasteiger partial charge is 0.215 e. The van der Waals surface area contributed by atoms with Gasteiger partial charge in [0, 0.05) is 35.3 Å². The number of nitrogens with one attached hydrogen (secondary N) is 2. The minimum Gasteiger partial charge on any atom is -0.361 e. The van der Waals surface area contributed by atoms with Gasteiger partial charge in [-0.05, 0) is 101 Å². The van der Waals surface area contributed by atoms with Gasteiger partial charge in [0.2, 0.25) is 10.0 Å². The van der Waals surface area contributed by atoms with Crippen LogP contribution in [0, 0.1) is 0 Å². The molecule has 2 heterocycles. The minimum absolute atomic E-state index is 0.0366. The average Bonchev–Trinajstić information content (AvgIpc) is 3.37. The molecule has 188 valence electrons. The van der Waals surface area contributed by atoms with E-state index in [1.807, 2.05) is 18.2 Å². The molecule has 8 heteroatoms. The fourth-order valence-corrected chi connectivity index (χ4v) is 5.60. The Hall–Kier alpha value is -2.52. The highest BCUT2D eigenvalue weighted by atomic mass is 32.2. The lowest BCUT2D eigenvalue weighted by molar-refractivity contribution is 0.362. The molecule has 0 bridgehead atoms. The Balaban J connectivity index is 1.71. The molecule has 0 saturated heterocycles. The maximum absolute atomic E-state index is 12.2. The molecule has 0 radical (unpaired) electrons. The first-order chi connectivity index (χ1) is 16.6. The fourth-order valence-electron chi connectivity index (χ4n) is 4.84. The van der Waals surface area contributed by atoms with Gasteiger partial charge >= 0.3 is 0 Å². The Labute approximate surface area is 209 Å². The molecule has 1 atom stereocenters. The zero-order chi connectivity index (χ0) is 25.2. The largest absolute Gasteiger partial charge is 0.361 e. The first-order valence-corrected chi connectivity index (χ1v) is 13.7. The third-order valence-electron chi connectivity index (χ3n) is 6.90. The van der Waals surface area contributed by atoms with E-state index >= 15 is 0 Å². The van der Waals surface area contributed by atoms with Crippen molar-refractivity contribution in [1.29, 1.82) is 0 Å². The van der Waals surface area contributed by atoms with Gasteiger partial charge in [0.15, 0.2) is 0 Å². The van der Waals surface area contributed by atoms with Gasteiger partial charge < -0.3 is 14.8 Å². The number of aromatic nitrogens is 1. The van der Waals surface area contributed by atoms with Crippen LogP contribution in [0.3, 0.4) is 0 Å². The SMILES string of the molecule is CNS(=O)(=O)Cc1ccc2c(c1)C(CCN(C)C)(Cc1ccc3[nH]cc(CCN(C)C)c3c1)C=N2. The lowest BCUT2D eigenvalue weighted by atomic mass is 9.74. The van der Waals surface area contributed by atoms with Crippen molar-refractivity contribution in [2.45, 2.75) is 30.4 Å². The zero-order valence-electron chi connectivity index (χ0n) is 21.4. The molecular weight excluding hydrogens is 458 g/mol. The minimum atomic E-state index is -3.35. The van der Waals surface area contributed by atoms with Crippen molar-refractivity contribution < 1.29 is 8.42 Å². The number of rotatable bonds is 11. The van der Waals surface area contributed by atoms with Crippen LogP contribution in [0.5, 0.6) is 0 Å². The molecule has 4 rings (SSSR count). The van der Waals surface area contributed by atoms with Crippen LogP contribution in [-0.2, 0) is 34.0 Å². The third-order valence-corrected chi connectivity index (χ3v) is 8.24. The second kappa shape index (κ2) is 10.2. The second-order valence-electron chi connectivity index (χ2n) is 10.2. The molecule has 0 fully saturated rings. The van der Waals surface area contributed by atoms with E-state index in [1.54, 1.807) is 0 Å². The molecule has 1 unspecified atom stereocenters. The highest BCUT2D eigenvalue weighted by Crippen LogP contribution is 2.42. The molecule has 0 spiro atoms. The van der Waals surface area contributed by atoms with E-state index in [9.17, 15) is 8.42 Å². The number of aliphatic imine (C=N–C) groups is 1. The van der Waals surface area contributed by atoms with Crippen LogP contribution >= 0.6 is 0 Å². The van der Waals surface area contributed by atoms with E-state index in [0.717, 1.165) is 54.7 Å². The van der Waals surface area contributed by atoms with E-state index in [0.29, 0.717) is 0 Å². The number of nitrogens with zero attached hydrogens (tertiary/aromatic N) is 3. The third kappa shape index (κ3) is 5.83. The van der Waals surface area contributed by atoms with Crippen LogP contribution in [0.4, 0.5) is 5.69 Å². The number of likely N-dealkylation sites (N-methyl/N-ethyl adjacent to an activating group) is 1. The molecule has 7 nitrogen and oxygen atoms in total. The van der Waals surface area contributed by atoms with Gasteiger partial charge in [0.1, 0.15) is 0 Å². The van der Waals surface area contributed by atoms with E-state index in [4.69, 9.17) is 4.99 Å². The van der Waals surface area contributed by atoms with Crippen molar-refractivity contribution in [1.82, 2.24) is 19.5 Å². The molecule has 1 aliphatic heterocycles. The summed E-state index contributed by atoms with van der Waals surface area (Å²) in [5.74, 6) is -0.0366. The predicted molar refractivity (Wildman–Crippen MR) is 145 cm³/mol. The summed E-state index contributed by atoms with van der Waals surface area (Å²) in [7, 11) is 6.47. The average molecular weight is 496 g/mol. The molecule has 2 N–H and O–H groups in total. The van der Waals surface area contributed by atoms with Gasteiger partial charge in [-0.1, -0.05) is 18.2 Å². The normalized spacial score (nSPS) is 17.7.